The third-order valence-electron chi connectivity index (χ3n) is 3.15. The molecule has 0 spiro atoms. The highest BCUT2D eigenvalue weighted by Gasteiger charge is 2.29. The van der Waals surface area contributed by atoms with Gasteiger partial charge in [0, 0.05) is 0 Å². The van der Waals surface area contributed by atoms with Crippen LogP contribution in [0.25, 0.3) is 0 Å². The summed E-state index contributed by atoms with van der Waals surface area (Å²) in [5.74, 6) is 0.928. The van der Waals surface area contributed by atoms with Crippen molar-refractivity contribution in [1.29, 1.82) is 0 Å². The molecule has 0 unspecified atom stereocenters. The van der Waals surface area contributed by atoms with E-state index >= 15 is 0 Å². The van der Waals surface area contributed by atoms with Crippen molar-refractivity contribution in [3.05, 3.63) is 29.8 Å². The zero-order valence-electron chi connectivity index (χ0n) is 9.33. The van der Waals surface area contributed by atoms with Gasteiger partial charge in [0.2, 0.25) is 0 Å². The van der Waals surface area contributed by atoms with Gasteiger partial charge < -0.3 is 10.5 Å². The SMILES string of the molecule is Cc1ccc(OCC2(N)CCCC2)cc1. The van der Waals surface area contributed by atoms with Crippen LogP contribution in [0.1, 0.15) is 31.2 Å². The van der Waals surface area contributed by atoms with Crippen molar-refractivity contribution in [2.75, 3.05) is 6.61 Å². The summed E-state index contributed by atoms with van der Waals surface area (Å²) in [5, 5.41) is 0. The average molecular weight is 205 g/mol. The number of ether oxygens (including phenoxy) is 1. The second-order valence-corrected chi connectivity index (χ2v) is 4.67. The largest absolute Gasteiger partial charge is 0.492 e. The van der Waals surface area contributed by atoms with Crippen molar-refractivity contribution in [1.82, 2.24) is 0 Å². The molecule has 0 aliphatic heterocycles. The molecule has 2 N–H and O–H groups in total. The topological polar surface area (TPSA) is 35.2 Å². The lowest BCUT2D eigenvalue weighted by molar-refractivity contribution is 0.220. The molecular formula is C13H19NO. The van der Waals surface area contributed by atoms with Crippen LogP contribution >= 0.6 is 0 Å². The van der Waals surface area contributed by atoms with E-state index in [0.717, 1.165) is 18.6 Å². The van der Waals surface area contributed by atoms with Gasteiger partial charge in [-0.05, 0) is 31.9 Å². The molecule has 0 amide bonds. The molecule has 2 rings (SSSR count). The highest BCUT2D eigenvalue weighted by atomic mass is 16.5. The van der Waals surface area contributed by atoms with E-state index in [0.29, 0.717) is 6.61 Å². The number of aryl methyl sites for hydroxylation is 1. The first-order valence-corrected chi connectivity index (χ1v) is 5.66. The molecule has 0 saturated heterocycles. The number of hydrogen-bond donors (Lipinski definition) is 1. The predicted molar refractivity (Wildman–Crippen MR) is 62.1 cm³/mol. The van der Waals surface area contributed by atoms with E-state index in [2.05, 4.69) is 19.1 Å². The van der Waals surface area contributed by atoms with Gasteiger partial charge in [0.05, 0.1) is 5.54 Å². The fourth-order valence-corrected chi connectivity index (χ4v) is 2.09. The fraction of sp³-hybridized carbons (Fsp3) is 0.538. The molecule has 2 heteroatoms. The van der Waals surface area contributed by atoms with E-state index in [4.69, 9.17) is 10.5 Å². The zero-order chi connectivity index (χ0) is 10.7. The molecule has 1 saturated carbocycles. The first-order chi connectivity index (χ1) is 7.18. The van der Waals surface area contributed by atoms with Gasteiger partial charge in [-0.3, -0.25) is 0 Å². The first-order valence-electron chi connectivity index (χ1n) is 5.66. The minimum atomic E-state index is -0.0785. The molecule has 1 aromatic carbocycles. The van der Waals surface area contributed by atoms with Crippen molar-refractivity contribution >= 4 is 0 Å². The van der Waals surface area contributed by atoms with Crippen LogP contribution in [0, 0.1) is 6.92 Å². The molecular weight excluding hydrogens is 186 g/mol. The minimum absolute atomic E-state index is 0.0785. The standard InChI is InChI=1S/C13H19NO/c1-11-4-6-12(7-5-11)15-10-13(14)8-2-3-9-13/h4-7H,2-3,8-10,14H2,1H3. The normalized spacial score (nSPS) is 19.1. The average Bonchev–Trinajstić information content (AvgIpc) is 2.65. The Morgan fingerprint density at radius 1 is 1.20 bits per heavy atom. The van der Waals surface area contributed by atoms with Crippen LogP contribution < -0.4 is 10.5 Å². The van der Waals surface area contributed by atoms with Gasteiger partial charge >= 0.3 is 0 Å². The number of hydrogen-bond acceptors (Lipinski definition) is 2. The molecule has 0 bridgehead atoms. The van der Waals surface area contributed by atoms with E-state index in [1.807, 2.05) is 12.1 Å². The Labute approximate surface area is 91.4 Å². The number of nitrogens with two attached hydrogens (primary N) is 1. The predicted octanol–water partition coefficient (Wildman–Crippen LogP) is 2.65. The van der Waals surface area contributed by atoms with Gasteiger partial charge in [-0.1, -0.05) is 30.5 Å². The Hall–Kier alpha value is -1.02. The highest BCUT2D eigenvalue weighted by Crippen LogP contribution is 2.27. The zero-order valence-corrected chi connectivity index (χ0v) is 9.33. The van der Waals surface area contributed by atoms with Crippen LogP contribution in [0.4, 0.5) is 0 Å². The molecule has 82 valence electrons. The molecule has 15 heavy (non-hydrogen) atoms. The summed E-state index contributed by atoms with van der Waals surface area (Å²) in [5.41, 5.74) is 7.39. The molecule has 1 aromatic rings. The molecule has 0 atom stereocenters. The first kappa shape index (κ1) is 10.5. The lowest BCUT2D eigenvalue weighted by Gasteiger charge is -2.23. The van der Waals surface area contributed by atoms with Gasteiger partial charge in [0.1, 0.15) is 12.4 Å². The molecule has 0 radical (unpaired) electrons. The van der Waals surface area contributed by atoms with Gasteiger partial charge in [0.25, 0.3) is 0 Å². The van der Waals surface area contributed by atoms with Crippen LogP contribution in [0.5, 0.6) is 5.75 Å². The molecule has 1 aliphatic rings. The summed E-state index contributed by atoms with van der Waals surface area (Å²) in [6, 6.07) is 8.14. The molecule has 0 heterocycles. The second-order valence-electron chi connectivity index (χ2n) is 4.67. The Kier molecular flexibility index (Phi) is 2.96. The third-order valence-corrected chi connectivity index (χ3v) is 3.15. The maximum atomic E-state index is 6.21. The summed E-state index contributed by atoms with van der Waals surface area (Å²) < 4.78 is 5.72. The maximum Gasteiger partial charge on any atom is 0.119 e. The Morgan fingerprint density at radius 3 is 2.40 bits per heavy atom. The highest BCUT2D eigenvalue weighted by molar-refractivity contribution is 5.26. The molecule has 1 fully saturated rings. The summed E-state index contributed by atoms with van der Waals surface area (Å²) in [6.45, 7) is 2.72. The molecule has 0 aromatic heterocycles. The fourth-order valence-electron chi connectivity index (χ4n) is 2.09. The van der Waals surface area contributed by atoms with Crippen molar-refractivity contribution in [2.45, 2.75) is 38.1 Å². The Morgan fingerprint density at radius 2 is 1.80 bits per heavy atom. The van der Waals surface area contributed by atoms with Crippen LogP contribution in [0.3, 0.4) is 0 Å². The number of benzene rings is 1. The van der Waals surface area contributed by atoms with E-state index in [1.54, 1.807) is 0 Å². The van der Waals surface area contributed by atoms with Crippen LogP contribution in [0.2, 0.25) is 0 Å². The lowest BCUT2D eigenvalue weighted by Crippen LogP contribution is -2.42. The minimum Gasteiger partial charge on any atom is -0.492 e. The van der Waals surface area contributed by atoms with E-state index in [9.17, 15) is 0 Å². The van der Waals surface area contributed by atoms with Crippen LogP contribution in [-0.4, -0.2) is 12.1 Å². The van der Waals surface area contributed by atoms with Crippen molar-refractivity contribution in [3.63, 3.8) is 0 Å². The van der Waals surface area contributed by atoms with Gasteiger partial charge in [-0.2, -0.15) is 0 Å². The summed E-state index contributed by atoms with van der Waals surface area (Å²) in [4.78, 5) is 0. The van der Waals surface area contributed by atoms with E-state index < -0.39 is 0 Å². The third kappa shape index (κ3) is 2.72. The summed E-state index contributed by atoms with van der Waals surface area (Å²) in [7, 11) is 0. The monoisotopic (exact) mass is 205 g/mol. The molecule has 2 nitrogen and oxygen atoms in total. The summed E-state index contributed by atoms with van der Waals surface area (Å²) in [6.07, 6.45) is 4.68. The van der Waals surface area contributed by atoms with Gasteiger partial charge in [-0.25, -0.2) is 0 Å². The van der Waals surface area contributed by atoms with E-state index in [-0.39, 0.29) is 5.54 Å². The Balaban J connectivity index is 1.90. The number of rotatable bonds is 3. The van der Waals surface area contributed by atoms with Crippen molar-refractivity contribution in [2.24, 2.45) is 5.73 Å². The maximum absolute atomic E-state index is 6.21. The van der Waals surface area contributed by atoms with Crippen LogP contribution in [-0.2, 0) is 0 Å². The van der Waals surface area contributed by atoms with Crippen LogP contribution in [0.15, 0.2) is 24.3 Å². The van der Waals surface area contributed by atoms with E-state index in [1.165, 1.54) is 18.4 Å². The lowest BCUT2D eigenvalue weighted by atomic mass is 10.0. The van der Waals surface area contributed by atoms with Gasteiger partial charge in [-0.15, -0.1) is 0 Å². The second kappa shape index (κ2) is 4.23. The van der Waals surface area contributed by atoms with Gasteiger partial charge in [0.15, 0.2) is 0 Å². The quantitative estimate of drug-likeness (QED) is 0.823. The Bertz CT molecular complexity index is 312. The molecule has 1 aliphatic carbocycles. The van der Waals surface area contributed by atoms with Crippen molar-refractivity contribution in [3.8, 4) is 5.75 Å². The smallest absolute Gasteiger partial charge is 0.119 e. The van der Waals surface area contributed by atoms with Crippen molar-refractivity contribution < 1.29 is 4.74 Å². The summed E-state index contributed by atoms with van der Waals surface area (Å²) >= 11 is 0.